The summed E-state index contributed by atoms with van der Waals surface area (Å²) >= 11 is 0. The number of carbonyl (C=O) groups excluding carboxylic acids is 2. The highest BCUT2D eigenvalue weighted by Crippen LogP contribution is 2.33. The Morgan fingerprint density at radius 2 is 1.94 bits per heavy atom. The van der Waals surface area contributed by atoms with Crippen molar-refractivity contribution in [3.8, 4) is 5.75 Å². The number of aromatic nitrogens is 1. The third-order valence-electron chi connectivity index (χ3n) is 5.89. The van der Waals surface area contributed by atoms with Crippen LogP contribution in [0.1, 0.15) is 56.6 Å². The van der Waals surface area contributed by atoms with Crippen molar-refractivity contribution in [2.24, 2.45) is 0 Å². The van der Waals surface area contributed by atoms with Crippen molar-refractivity contribution in [2.75, 3.05) is 13.7 Å². The molecule has 0 spiro atoms. The van der Waals surface area contributed by atoms with Gasteiger partial charge in [0.25, 0.3) is 11.8 Å². The molecule has 2 heterocycles. The predicted molar refractivity (Wildman–Crippen MR) is 123 cm³/mol. The lowest BCUT2D eigenvalue weighted by molar-refractivity contribution is 0.0732. The van der Waals surface area contributed by atoms with Crippen molar-refractivity contribution in [3.63, 3.8) is 0 Å². The number of hydrogen-bond donors (Lipinski definition) is 1. The van der Waals surface area contributed by atoms with Gasteiger partial charge in [0, 0.05) is 18.7 Å². The van der Waals surface area contributed by atoms with Crippen LogP contribution in [-0.4, -0.2) is 35.4 Å². The number of aryl methyl sites for hydroxylation is 1. The number of nitrogens with one attached hydrogen (secondary N) is 1. The van der Waals surface area contributed by atoms with Crippen LogP contribution in [0.15, 0.2) is 60.7 Å². The quantitative estimate of drug-likeness (QED) is 0.606. The molecule has 1 aliphatic rings. The van der Waals surface area contributed by atoms with Gasteiger partial charge in [-0.2, -0.15) is 0 Å². The average molecular weight is 448 g/mol. The summed E-state index contributed by atoms with van der Waals surface area (Å²) in [4.78, 5) is 32.3. The molecule has 33 heavy (non-hydrogen) atoms. The summed E-state index contributed by atoms with van der Waals surface area (Å²) in [5, 5.41) is 2.85. The number of hydrogen-bond acceptors (Lipinski definition) is 4. The SMILES string of the molecule is COc1cccc(C(=O)N2CCC[C@@H]2c2ccc(C(=O)NCc3ccc(F)cc3)c(C)n2)c1. The van der Waals surface area contributed by atoms with E-state index in [0.29, 0.717) is 35.7 Å². The van der Waals surface area contributed by atoms with E-state index >= 15 is 0 Å². The first kappa shape index (κ1) is 22.5. The third kappa shape index (κ3) is 5.03. The lowest BCUT2D eigenvalue weighted by Gasteiger charge is -2.25. The van der Waals surface area contributed by atoms with Gasteiger partial charge >= 0.3 is 0 Å². The second-order valence-corrected chi connectivity index (χ2v) is 8.07. The Labute approximate surface area is 192 Å². The van der Waals surface area contributed by atoms with Gasteiger partial charge in [0.2, 0.25) is 0 Å². The Morgan fingerprint density at radius 3 is 2.67 bits per heavy atom. The van der Waals surface area contributed by atoms with Crippen LogP contribution in [-0.2, 0) is 6.54 Å². The van der Waals surface area contributed by atoms with Crippen LogP contribution < -0.4 is 10.1 Å². The highest BCUT2D eigenvalue weighted by molar-refractivity contribution is 5.96. The summed E-state index contributed by atoms with van der Waals surface area (Å²) in [6.07, 6.45) is 1.71. The van der Waals surface area contributed by atoms with Gasteiger partial charge in [0.1, 0.15) is 11.6 Å². The number of amides is 2. The molecule has 7 heteroatoms. The second kappa shape index (κ2) is 9.81. The molecule has 170 valence electrons. The molecule has 1 aliphatic heterocycles. The van der Waals surface area contributed by atoms with E-state index in [0.717, 1.165) is 24.1 Å². The van der Waals surface area contributed by atoms with E-state index in [1.165, 1.54) is 12.1 Å². The Morgan fingerprint density at radius 1 is 1.15 bits per heavy atom. The van der Waals surface area contributed by atoms with Gasteiger partial charge in [-0.3, -0.25) is 14.6 Å². The lowest BCUT2D eigenvalue weighted by Crippen LogP contribution is -2.31. The van der Waals surface area contributed by atoms with Crippen LogP contribution >= 0.6 is 0 Å². The molecule has 6 nitrogen and oxygen atoms in total. The molecule has 3 aromatic rings. The van der Waals surface area contributed by atoms with E-state index in [-0.39, 0.29) is 23.7 Å². The van der Waals surface area contributed by atoms with Gasteiger partial charge in [-0.25, -0.2) is 4.39 Å². The number of nitrogens with zero attached hydrogens (tertiary/aromatic N) is 2. The van der Waals surface area contributed by atoms with Gasteiger partial charge in [-0.15, -0.1) is 0 Å². The number of ether oxygens (including phenoxy) is 1. The number of pyridine rings is 1. The zero-order valence-electron chi connectivity index (χ0n) is 18.7. The molecule has 1 saturated heterocycles. The summed E-state index contributed by atoms with van der Waals surface area (Å²) in [5.74, 6) is 0.0247. The Bertz CT molecular complexity index is 1160. The standard InChI is InChI=1S/C26H26FN3O3/c1-17-22(25(31)28-16-18-8-10-20(27)11-9-18)12-13-23(29-17)24-7-4-14-30(24)26(32)19-5-3-6-21(15-19)33-2/h3,5-6,8-13,15,24H,4,7,14,16H2,1-2H3,(H,28,31)/t24-/m1/s1. The molecule has 0 aliphatic carbocycles. The van der Waals surface area contributed by atoms with Gasteiger partial charge in [0.15, 0.2) is 0 Å². The molecule has 1 N–H and O–H groups in total. The molecule has 1 atom stereocenters. The van der Waals surface area contributed by atoms with Crippen LogP contribution in [0.2, 0.25) is 0 Å². The summed E-state index contributed by atoms with van der Waals surface area (Å²) < 4.78 is 18.3. The fourth-order valence-electron chi connectivity index (χ4n) is 4.13. The Balaban J connectivity index is 1.47. The van der Waals surface area contributed by atoms with Crippen LogP contribution in [0.5, 0.6) is 5.75 Å². The molecule has 2 amide bonds. The lowest BCUT2D eigenvalue weighted by atomic mass is 10.1. The van der Waals surface area contributed by atoms with Crippen molar-refractivity contribution < 1.29 is 18.7 Å². The van der Waals surface area contributed by atoms with E-state index in [1.54, 1.807) is 50.4 Å². The van der Waals surface area contributed by atoms with Crippen molar-refractivity contribution >= 4 is 11.8 Å². The van der Waals surface area contributed by atoms with E-state index in [4.69, 9.17) is 4.74 Å². The Hall–Kier alpha value is -3.74. The topological polar surface area (TPSA) is 71.5 Å². The molecular formula is C26H26FN3O3. The zero-order valence-corrected chi connectivity index (χ0v) is 18.7. The maximum Gasteiger partial charge on any atom is 0.254 e. The number of carbonyl (C=O) groups is 2. The minimum absolute atomic E-state index is 0.0584. The van der Waals surface area contributed by atoms with E-state index in [9.17, 15) is 14.0 Å². The number of likely N-dealkylation sites (tertiary alicyclic amines) is 1. The number of benzene rings is 2. The van der Waals surface area contributed by atoms with Crippen LogP contribution in [0.3, 0.4) is 0 Å². The highest BCUT2D eigenvalue weighted by Gasteiger charge is 2.32. The predicted octanol–water partition coefficient (Wildman–Crippen LogP) is 4.45. The second-order valence-electron chi connectivity index (χ2n) is 8.07. The molecule has 0 bridgehead atoms. The van der Waals surface area contributed by atoms with Crippen molar-refractivity contribution in [2.45, 2.75) is 32.4 Å². The number of halogens is 1. The fourth-order valence-corrected chi connectivity index (χ4v) is 4.13. The van der Waals surface area contributed by atoms with Gasteiger partial charge in [-0.05, 0) is 67.8 Å². The largest absolute Gasteiger partial charge is 0.497 e. The van der Waals surface area contributed by atoms with E-state index < -0.39 is 0 Å². The first-order chi connectivity index (χ1) is 16.0. The molecule has 2 aromatic carbocycles. The smallest absolute Gasteiger partial charge is 0.254 e. The van der Waals surface area contributed by atoms with Crippen molar-refractivity contribution in [1.29, 1.82) is 0 Å². The molecule has 0 unspecified atom stereocenters. The van der Waals surface area contributed by atoms with Gasteiger partial charge in [0.05, 0.1) is 30.1 Å². The van der Waals surface area contributed by atoms with E-state index in [2.05, 4.69) is 10.3 Å². The average Bonchev–Trinajstić information content (AvgIpc) is 3.33. The minimum atomic E-state index is -0.313. The van der Waals surface area contributed by atoms with Crippen LogP contribution in [0, 0.1) is 12.7 Å². The molecule has 0 saturated carbocycles. The monoisotopic (exact) mass is 447 g/mol. The van der Waals surface area contributed by atoms with Crippen LogP contribution in [0.4, 0.5) is 4.39 Å². The molecule has 0 radical (unpaired) electrons. The summed E-state index contributed by atoms with van der Waals surface area (Å²) in [6, 6.07) is 16.6. The molecule has 1 fully saturated rings. The van der Waals surface area contributed by atoms with Crippen LogP contribution in [0.25, 0.3) is 0 Å². The molecular weight excluding hydrogens is 421 g/mol. The first-order valence-electron chi connectivity index (χ1n) is 10.9. The van der Waals surface area contributed by atoms with Crippen molar-refractivity contribution in [3.05, 3.63) is 94.6 Å². The van der Waals surface area contributed by atoms with Gasteiger partial charge in [-0.1, -0.05) is 18.2 Å². The van der Waals surface area contributed by atoms with E-state index in [1.807, 2.05) is 17.0 Å². The maximum absolute atomic E-state index is 13.2. The normalized spacial score (nSPS) is 15.4. The van der Waals surface area contributed by atoms with Gasteiger partial charge < -0.3 is 15.0 Å². The number of rotatable bonds is 6. The Kier molecular flexibility index (Phi) is 6.68. The molecule has 1 aromatic heterocycles. The zero-order chi connectivity index (χ0) is 23.4. The maximum atomic E-state index is 13.2. The summed E-state index contributed by atoms with van der Waals surface area (Å²) in [6.45, 7) is 2.74. The number of methoxy groups -OCH3 is 1. The van der Waals surface area contributed by atoms with Crippen molar-refractivity contribution in [1.82, 2.24) is 15.2 Å². The fraction of sp³-hybridized carbons (Fsp3) is 0.269. The highest BCUT2D eigenvalue weighted by atomic mass is 19.1. The molecule has 4 rings (SSSR count). The first-order valence-corrected chi connectivity index (χ1v) is 10.9. The third-order valence-corrected chi connectivity index (χ3v) is 5.89. The minimum Gasteiger partial charge on any atom is -0.497 e. The summed E-state index contributed by atoms with van der Waals surface area (Å²) in [7, 11) is 1.58. The summed E-state index contributed by atoms with van der Waals surface area (Å²) in [5.41, 5.74) is 3.24.